The molecule has 0 unspecified atom stereocenters. The smallest absolute Gasteiger partial charge is 0.274 e. The molecule has 1 aliphatic rings. The van der Waals surface area contributed by atoms with Gasteiger partial charge in [-0.05, 0) is 26.0 Å². The van der Waals surface area contributed by atoms with Crippen LogP contribution in [0.3, 0.4) is 0 Å². The molecule has 0 spiro atoms. The van der Waals surface area contributed by atoms with Gasteiger partial charge in [-0.2, -0.15) is 0 Å². The number of benzene rings is 1. The number of carbonyl (C=O) groups excluding carboxylic acids is 1. The Labute approximate surface area is 116 Å². The van der Waals surface area contributed by atoms with E-state index in [-0.39, 0.29) is 34.3 Å². The van der Waals surface area contributed by atoms with Crippen LogP contribution < -0.4 is 4.72 Å². The number of nitrogens with one attached hydrogen (secondary N) is 1. The number of hydrogen-bond acceptors (Lipinski definition) is 5. The number of rotatable bonds is 6. The topological polar surface area (TPSA) is 106 Å². The molecule has 1 aliphatic carbocycles. The maximum atomic E-state index is 11.7. The molecule has 1 aromatic rings. The summed E-state index contributed by atoms with van der Waals surface area (Å²) in [5.74, 6) is -0.0207. The van der Waals surface area contributed by atoms with E-state index in [1.165, 1.54) is 19.2 Å². The Morgan fingerprint density at radius 3 is 2.60 bits per heavy atom. The molecule has 0 saturated heterocycles. The van der Waals surface area contributed by atoms with Crippen LogP contribution in [0.25, 0.3) is 0 Å². The molecule has 108 valence electrons. The number of carbonyl (C=O) groups is 1. The summed E-state index contributed by atoms with van der Waals surface area (Å²) in [7, 11) is -2.51. The first-order valence-electron chi connectivity index (χ1n) is 6.08. The van der Waals surface area contributed by atoms with E-state index in [0.29, 0.717) is 0 Å². The molecule has 0 atom stereocenters. The van der Waals surface area contributed by atoms with Gasteiger partial charge in [-0.15, -0.1) is 0 Å². The van der Waals surface area contributed by atoms with Crippen molar-refractivity contribution in [3.05, 3.63) is 33.9 Å². The van der Waals surface area contributed by atoms with Gasteiger partial charge in [0.25, 0.3) is 5.69 Å². The minimum Gasteiger partial charge on any atom is -0.299 e. The van der Waals surface area contributed by atoms with Gasteiger partial charge in [-0.25, -0.2) is 13.1 Å². The van der Waals surface area contributed by atoms with Crippen LogP contribution in [0.5, 0.6) is 0 Å². The fraction of sp³-hybridized carbons (Fsp3) is 0.417. The molecule has 0 amide bonds. The first-order valence-corrected chi connectivity index (χ1v) is 7.57. The van der Waals surface area contributed by atoms with Crippen LogP contribution >= 0.6 is 0 Å². The summed E-state index contributed by atoms with van der Waals surface area (Å²) in [6.07, 6.45) is 1.64. The third-order valence-electron chi connectivity index (χ3n) is 3.23. The molecule has 8 heteroatoms. The van der Waals surface area contributed by atoms with Crippen LogP contribution in [-0.2, 0) is 21.2 Å². The molecule has 0 radical (unpaired) electrons. The molecule has 20 heavy (non-hydrogen) atoms. The maximum Gasteiger partial charge on any atom is 0.274 e. The number of nitro groups is 1. The predicted octanol–water partition coefficient (Wildman–Crippen LogP) is 1.02. The Bertz CT molecular complexity index is 664. The summed E-state index contributed by atoms with van der Waals surface area (Å²) in [6, 6.07) is 3.60. The van der Waals surface area contributed by atoms with Crippen molar-refractivity contribution in [3.63, 3.8) is 0 Å². The zero-order valence-corrected chi connectivity index (χ0v) is 11.6. The standard InChI is InChI=1S/C12H14N2O5S/c1-13-20(18,19)10-5-4-9(11(7-10)14(16)17)6-12(15)8-2-3-8/h4-5,7-8,13H,2-3,6H2,1H3. The number of sulfonamides is 1. The van der Waals surface area contributed by atoms with Crippen LogP contribution in [0, 0.1) is 16.0 Å². The highest BCUT2D eigenvalue weighted by Crippen LogP contribution is 2.32. The number of hydrogen-bond donors (Lipinski definition) is 1. The maximum absolute atomic E-state index is 11.7. The zero-order chi connectivity index (χ0) is 14.9. The van der Waals surface area contributed by atoms with Gasteiger partial charge in [0.2, 0.25) is 10.0 Å². The normalized spacial score (nSPS) is 15.1. The lowest BCUT2D eigenvalue weighted by atomic mass is 10.0. The van der Waals surface area contributed by atoms with Gasteiger partial charge in [0, 0.05) is 24.0 Å². The van der Waals surface area contributed by atoms with Crippen molar-refractivity contribution in [2.75, 3.05) is 7.05 Å². The predicted molar refractivity (Wildman–Crippen MR) is 70.8 cm³/mol. The van der Waals surface area contributed by atoms with E-state index in [1.54, 1.807) is 0 Å². The van der Waals surface area contributed by atoms with Crippen molar-refractivity contribution >= 4 is 21.5 Å². The summed E-state index contributed by atoms with van der Waals surface area (Å²) in [6.45, 7) is 0. The van der Waals surface area contributed by atoms with Crippen molar-refractivity contribution in [1.82, 2.24) is 4.72 Å². The van der Waals surface area contributed by atoms with Gasteiger partial charge in [-0.3, -0.25) is 14.9 Å². The molecule has 1 aromatic carbocycles. The number of nitro benzene ring substituents is 1. The van der Waals surface area contributed by atoms with Crippen molar-refractivity contribution in [3.8, 4) is 0 Å². The first kappa shape index (κ1) is 14.6. The summed E-state index contributed by atoms with van der Waals surface area (Å²) in [5, 5.41) is 11.0. The number of nitrogens with zero attached hydrogens (tertiary/aromatic N) is 1. The molecule has 1 fully saturated rings. The van der Waals surface area contributed by atoms with Crippen molar-refractivity contribution < 1.29 is 18.1 Å². The van der Waals surface area contributed by atoms with Gasteiger partial charge in [-0.1, -0.05) is 6.07 Å². The van der Waals surface area contributed by atoms with E-state index in [2.05, 4.69) is 4.72 Å². The van der Waals surface area contributed by atoms with Crippen LogP contribution in [0.1, 0.15) is 18.4 Å². The third kappa shape index (κ3) is 3.02. The monoisotopic (exact) mass is 298 g/mol. The van der Waals surface area contributed by atoms with Crippen molar-refractivity contribution in [1.29, 1.82) is 0 Å². The van der Waals surface area contributed by atoms with E-state index < -0.39 is 14.9 Å². The number of Topliss-reactive ketones (excluding diaryl/α,β-unsaturated/α-hetero) is 1. The molecular formula is C12H14N2O5S. The van der Waals surface area contributed by atoms with Crippen LogP contribution in [-0.4, -0.2) is 26.2 Å². The average molecular weight is 298 g/mol. The molecule has 1 saturated carbocycles. The van der Waals surface area contributed by atoms with Gasteiger partial charge in [0.1, 0.15) is 5.78 Å². The highest BCUT2D eigenvalue weighted by molar-refractivity contribution is 7.89. The lowest BCUT2D eigenvalue weighted by Crippen LogP contribution is -2.19. The largest absolute Gasteiger partial charge is 0.299 e. The minimum atomic E-state index is -3.74. The third-order valence-corrected chi connectivity index (χ3v) is 4.64. The Kier molecular flexibility index (Phi) is 3.87. The van der Waals surface area contributed by atoms with Gasteiger partial charge < -0.3 is 0 Å². The second kappa shape index (κ2) is 5.29. The van der Waals surface area contributed by atoms with Crippen LogP contribution in [0.2, 0.25) is 0 Å². The summed E-state index contributed by atoms with van der Waals surface area (Å²) >= 11 is 0. The van der Waals surface area contributed by atoms with E-state index in [1.807, 2.05) is 0 Å². The SMILES string of the molecule is CNS(=O)(=O)c1ccc(CC(=O)C2CC2)c([N+](=O)[O-])c1. The van der Waals surface area contributed by atoms with Crippen molar-refractivity contribution in [2.24, 2.45) is 5.92 Å². The van der Waals surface area contributed by atoms with E-state index in [9.17, 15) is 23.3 Å². The highest BCUT2D eigenvalue weighted by atomic mass is 32.2. The second-order valence-corrected chi connectivity index (χ2v) is 6.56. The Hall–Kier alpha value is -1.80. The number of ketones is 1. The summed E-state index contributed by atoms with van der Waals surface area (Å²) in [5.41, 5.74) is -0.0859. The Morgan fingerprint density at radius 1 is 1.45 bits per heavy atom. The van der Waals surface area contributed by atoms with Gasteiger partial charge in [0.05, 0.1) is 9.82 Å². The highest BCUT2D eigenvalue weighted by Gasteiger charge is 2.31. The molecule has 0 aliphatic heterocycles. The molecular weight excluding hydrogens is 284 g/mol. The summed E-state index contributed by atoms with van der Waals surface area (Å²) in [4.78, 5) is 21.9. The molecule has 2 rings (SSSR count). The molecule has 0 aromatic heterocycles. The quantitative estimate of drug-likeness (QED) is 0.623. The minimum absolute atomic E-state index is 0.00956. The van der Waals surface area contributed by atoms with Crippen molar-refractivity contribution in [2.45, 2.75) is 24.2 Å². The fourth-order valence-electron chi connectivity index (χ4n) is 1.89. The Balaban J connectivity index is 2.38. The lowest BCUT2D eigenvalue weighted by Gasteiger charge is -2.06. The van der Waals surface area contributed by atoms with E-state index in [0.717, 1.165) is 18.9 Å². The van der Waals surface area contributed by atoms with Gasteiger partial charge >= 0.3 is 0 Å². The van der Waals surface area contributed by atoms with Gasteiger partial charge in [0.15, 0.2) is 0 Å². The molecule has 1 N–H and O–H groups in total. The average Bonchev–Trinajstić information content (AvgIpc) is 3.23. The molecule has 7 nitrogen and oxygen atoms in total. The van der Waals surface area contributed by atoms with E-state index >= 15 is 0 Å². The Morgan fingerprint density at radius 2 is 2.10 bits per heavy atom. The zero-order valence-electron chi connectivity index (χ0n) is 10.8. The molecule has 0 heterocycles. The van der Waals surface area contributed by atoms with Crippen LogP contribution in [0.4, 0.5) is 5.69 Å². The lowest BCUT2D eigenvalue weighted by molar-refractivity contribution is -0.385. The summed E-state index contributed by atoms with van der Waals surface area (Å²) < 4.78 is 25.3. The second-order valence-electron chi connectivity index (χ2n) is 4.67. The molecule has 0 bridgehead atoms. The first-order chi connectivity index (χ1) is 9.35. The van der Waals surface area contributed by atoms with E-state index in [4.69, 9.17) is 0 Å². The fourth-order valence-corrected chi connectivity index (χ4v) is 2.64. The van der Waals surface area contributed by atoms with Crippen LogP contribution in [0.15, 0.2) is 23.1 Å².